The van der Waals surface area contributed by atoms with Gasteiger partial charge in [-0.15, -0.1) is 0 Å². The van der Waals surface area contributed by atoms with Crippen molar-refractivity contribution in [1.29, 1.82) is 0 Å². The fraction of sp³-hybridized carbons (Fsp3) is 0.400. The molecule has 1 saturated heterocycles. The van der Waals surface area contributed by atoms with Gasteiger partial charge in [-0.2, -0.15) is 9.41 Å². The van der Waals surface area contributed by atoms with Gasteiger partial charge in [-0.1, -0.05) is 77.8 Å². The summed E-state index contributed by atoms with van der Waals surface area (Å²) >= 11 is 12.6. The molecule has 0 spiro atoms. The first kappa shape index (κ1) is 37.3. The monoisotopic (exact) mass is 714 g/mol. The molecule has 0 atom stereocenters. The van der Waals surface area contributed by atoms with E-state index in [-0.39, 0.29) is 28.9 Å². The van der Waals surface area contributed by atoms with Crippen LogP contribution in [0.4, 0.5) is 0 Å². The third-order valence-electron chi connectivity index (χ3n) is 8.43. The van der Waals surface area contributed by atoms with Gasteiger partial charge in [0.1, 0.15) is 4.90 Å². The van der Waals surface area contributed by atoms with Crippen LogP contribution in [0.3, 0.4) is 0 Å². The van der Waals surface area contributed by atoms with E-state index in [0.29, 0.717) is 30.1 Å². The van der Waals surface area contributed by atoms with Crippen LogP contribution in [-0.2, 0) is 32.6 Å². The van der Waals surface area contributed by atoms with Crippen LogP contribution in [0.25, 0.3) is 0 Å². The maximum atomic E-state index is 13.9. The van der Waals surface area contributed by atoms with Crippen molar-refractivity contribution in [2.45, 2.75) is 50.5 Å². The van der Waals surface area contributed by atoms with E-state index >= 15 is 0 Å². The maximum absolute atomic E-state index is 13.9. The van der Waals surface area contributed by atoms with E-state index < -0.39 is 22.5 Å². The second-order valence-corrected chi connectivity index (χ2v) is 14.6. The summed E-state index contributed by atoms with van der Waals surface area (Å²) < 4.78 is 28.8. The van der Waals surface area contributed by atoms with Gasteiger partial charge in [-0.05, 0) is 93.0 Å². The fourth-order valence-corrected chi connectivity index (χ4v) is 7.79. The molecule has 0 radical (unpaired) electrons. The molecule has 4 rings (SSSR count). The molecule has 48 heavy (non-hydrogen) atoms. The highest BCUT2D eigenvalue weighted by Gasteiger charge is 2.30. The number of carbonyl (C=O) groups is 2. The van der Waals surface area contributed by atoms with E-state index in [1.807, 2.05) is 54.6 Å². The second-order valence-electron chi connectivity index (χ2n) is 11.9. The van der Waals surface area contributed by atoms with Crippen molar-refractivity contribution in [3.05, 3.63) is 99.0 Å². The highest BCUT2D eigenvalue weighted by molar-refractivity contribution is 7.89. The van der Waals surface area contributed by atoms with Crippen LogP contribution in [0.15, 0.2) is 76.7 Å². The number of unbranched alkanes of at least 4 members (excludes halogenated alkanes) is 1. The Bertz CT molecular complexity index is 1650. The van der Waals surface area contributed by atoms with E-state index in [1.165, 1.54) is 25.0 Å². The van der Waals surface area contributed by atoms with Crippen LogP contribution < -0.4 is 11.2 Å². The highest BCUT2D eigenvalue weighted by atomic mass is 35.5. The molecule has 258 valence electrons. The first-order valence-corrected chi connectivity index (χ1v) is 18.4. The van der Waals surface area contributed by atoms with E-state index in [2.05, 4.69) is 15.3 Å². The lowest BCUT2D eigenvalue weighted by Gasteiger charge is -2.25. The summed E-state index contributed by atoms with van der Waals surface area (Å²) in [5.41, 5.74) is 3.12. The number of nitrogens with one attached hydrogen (secondary N) is 1. The number of carbonyl (C=O) groups excluding carboxylic acids is 2. The van der Waals surface area contributed by atoms with E-state index in [9.17, 15) is 18.0 Å². The lowest BCUT2D eigenvalue weighted by atomic mass is 10.1. The van der Waals surface area contributed by atoms with Gasteiger partial charge >= 0.3 is 0 Å². The molecular weight excluding hydrogens is 671 g/mol. The second kappa shape index (κ2) is 18.3. The molecule has 1 fully saturated rings. The average Bonchev–Trinajstić information content (AvgIpc) is 3.60. The van der Waals surface area contributed by atoms with Gasteiger partial charge in [0.2, 0.25) is 21.8 Å². The Kier molecular flexibility index (Phi) is 14.3. The normalized spacial score (nSPS) is 13.8. The number of hydrogen-bond donors (Lipinski definition) is 2. The molecule has 0 aliphatic carbocycles. The first-order chi connectivity index (χ1) is 23.1. The Hall–Kier alpha value is -3.48. The van der Waals surface area contributed by atoms with Crippen LogP contribution >= 0.6 is 23.2 Å². The number of rotatable bonds is 17. The van der Waals surface area contributed by atoms with Gasteiger partial charge in [-0.25, -0.2) is 8.42 Å². The van der Waals surface area contributed by atoms with Crippen molar-refractivity contribution >= 4 is 51.3 Å². The van der Waals surface area contributed by atoms with Crippen molar-refractivity contribution in [2.75, 3.05) is 45.8 Å². The molecule has 0 saturated carbocycles. The number of halogens is 2. The topological polar surface area (TPSA) is 128 Å². The minimum atomic E-state index is -4.20. The van der Waals surface area contributed by atoms with Crippen molar-refractivity contribution in [1.82, 2.24) is 19.4 Å². The smallest absolute Gasteiger partial charge is 0.245 e. The molecule has 3 aromatic carbocycles. The standard InChI is InChI=1S/C35H44Cl2N6O4S/c1-27-31(36)15-16-32(35(27)37)48(46,47)43(22-17-28-9-3-2-4-10-28)26-33(44)39-24-34(45)42(21-8-7-20-41-18-5-6-19-41)25-30-13-11-29(12-14-30)23-40-38/h2-4,9-16,23H,5-8,17-22,24-26,38H2,1H3,(H,39,44). The van der Waals surface area contributed by atoms with Crippen molar-refractivity contribution in [3.63, 3.8) is 0 Å². The minimum absolute atomic E-state index is 0.00603. The van der Waals surface area contributed by atoms with Crippen LogP contribution in [0.5, 0.6) is 0 Å². The molecule has 1 heterocycles. The largest absolute Gasteiger partial charge is 0.346 e. The van der Waals surface area contributed by atoms with Crippen molar-refractivity contribution in [2.24, 2.45) is 10.9 Å². The third kappa shape index (κ3) is 10.8. The summed E-state index contributed by atoms with van der Waals surface area (Å²) in [6.45, 7) is 5.04. The van der Waals surface area contributed by atoms with Gasteiger partial charge in [0, 0.05) is 24.7 Å². The number of benzene rings is 3. The number of sulfonamides is 1. The van der Waals surface area contributed by atoms with Gasteiger partial charge < -0.3 is 21.0 Å². The highest BCUT2D eigenvalue weighted by Crippen LogP contribution is 2.32. The predicted octanol–water partition coefficient (Wildman–Crippen LogP) is 4.85. The zero-order valence-electron chi connectivity index (χ0n) is 27.3. The first-order valence-electron chi connectivity index (χ1n) is 16.2. The summed E-state index contributed by atoms with van der Waals surface area (Å²) in [7, 11) is -4.20. The summed E-state index contributed by atoms with van der Waals surface area (Å²) in [6, 6.07) is 19.8. The van der Waals surface area contributed by atoms with Crippen molar-refractivity contribution in [3.8, 4) is 0 Å². The van der Waals surface area contributed by atoms with Crippen molar-refractivity contribution < 1.29 is 18.0 Å². The van der Waals surface area contributed by atoms with Gasteiger partial charge in [0.25, 0.3) is 0 Å². The number of likely N-dealkylation sites (tertiary alicyclic amines) is 1. The number of nitrogens with two attached hydrogens (primary N) is 1. The minimum Gasteiger partial charge on any atom is -0.346 e. The molecule has 2 amide bonds. The number of hydrazone groups is 1. The molecule has 1 aliphatic rings. The predicted molar refractivity (Wildman–Crippen MR) is 192 cm³/mol. The summed E-state index contributed by atoms with van der Waals surface area (Å²) in [5, 5.41) is 6.57. The summed E-state index contributed by atoms with van der Waals surface area (Å²) in [6.07, 6.45) is 6.16. The Morgan fingerprint density at radius 2 is 1.67 bits per heavy atom. The molecule has 3 N–H and O–H groups in total. The van der Waals surface area contributed by atoms with E-state index in [1.54, 1.807) is 18.0 Å². The zero-order chi connectivity index (χ0) is 34.5. The molecule has 1 aliphatic heterocycles. The number of nitrogens with zero attached hydrogens (tertiary/aromatic N) is 4. The Labute approximate surface area is 293 Å². The van der Waals surface area contributed by atoms with Crippen LogP contribution in [0.1, 0.15) is 47.9 Å². The maximum Gasteiger partial charge on any atom is 0.245 e. The molecule has 10 nitrogen and oxygen atoms in total. The zero-order valence-corrected chi connectivity index (χ0v) is 29.6. The Morgan fingerprint density at radius 1 is 0.958 bits per heavy atom. The summed E-state index contributed by atoms with van der Waals surface area (Å²) in [5.74, 6) is 4.41. The third-order valence-corrected chi connectivity index (χ3v) is 11.3. The van der Waals surface area contributed by atoms with Gasteiger partial charge in [0.05, 0.1) is 24.3 Å². The van der Waals surface area contributed by atoms with Crippen LogP contribution in [-0.4, -0.2) is 86.4 Å². The molecule has 3 aromatic rings. The lowest BCUT2D eigenvalue weighted by molar-refractivity contribution is -0.133. The SMILES string of the molecule is Cc1c(Cl)ccc(S(=O)(=O)N(CCc2ccccc2)CC(=O)NCC(=O)N(CCCCN2CCCC2)Cc2ccc(C=NN)cc2)c1Cl. The molecule has 0 unspecified atom stereocenters. The molecular formula is C35H44Cl2N6O4S. The number of amides is 2. The fourth-order valence-electron chi connectivity index (χ4n) is 5.61. The Balaban J connectivity index is 1.43. The quantitative estimate of drug-likeness (QED) is 0.0891. The number of hydrogen-bond acceptors (Lipinski definition) is 7. The average molecular weight is 716 g/mol. The Morgan fingerprint density at radius 3 is 2.35 bits per heavy atom. The van der Waals surface area contributed by atoms with Gasteiger partial charge in [-0.3, -0.25) is 9.59 Å². The van der Waals surface area contributed by atoms with Crippen LogP contribution in [0, 0.1) is 6.92 Å². The molecule has 13 heteroatoms. The van der Waals surface area contributed by atoms with E-state index in [4.69, 9.17) is 29.0 Å². The van der Waals surface area contributed by atoms with Crippen LogP contribution in [0.2, 0.25) is 10.0 Å². The molecule has 0 bridgehead atoms. The summed E-state index contributed by atoms with van der Waals surface area (Å²) in [4.78, 5) is 30.8. The van der Waals surface area contributed by atoms with E-state index in [0.717, 1.165) is 53.5 Å². The van der Waals surface area contributed by atoms with Gasteiger partial charge in [0.15, 0.2) is 0 Å². The molecule has 0 aromatic heterocycles. The lowest BCUT2D eigenvalue weighted by Crippen LogP contribution is -2.45.